The molecule has 1 unspecified atom stereocenters. The van der Waals surface area contributed by atoms with Crippen LogP contribution in [0.25, 0.3) is 0 Å². The third kappa shape index (κ3) is 4.77. The molecule has 0 spiro atoms. The van der Waals surface area contributed by atoms with E-state index in [1.807, 2.05) is 12.1 Å². The fourth-order valence-electron chi connectivity index (χ4n) is 2.57. The molecule has 2 rings (SSSR count). The van der Waals surface area contributed by atoms with Gasteiger partial charge in [0.15, 0.2) is 0 Å². The number of furan rings is 1. The Labute approximate surface area is 118 Å². The summed E-state index contributed by atoms with van der Waals surface area (Å²) in [5.41, 5.74) is 0. The van der Waals surface area contributed by atoms with Crippen molar-refractivity contribution in [1.29, 1.82) is 0 Å². The molecule has 0 aromatic carbocycles. The molecule has 1 aliphatic carbocycles. The lowest BCUT2D eigenvalue weighted by atomic mass is 10.0. The molecule has 1 aromatic rings. The minimum Gasteiger partial charge on any atom is -0.464 e. The largest absolute Gasteiger partial charge is 0.464 e. The summed E-state index contributed by atoms with van der Waals surface area (Å²) in [6.45, 7) is 3.92. The van der Waals surface area contributed by atoms with E-state index in [-0.39, 0.29) is 0 Å². The molecule has 0 radical (unpaired) electrons. The van der Waals surface area contributed by atoms with E-state index in [4.69, 9.17) is 4.42 Å². The number of rotatable bonds is 7. The monoisotopic (exact) mass is 283 g/mol. The summed E-state index contributed by atoms with van der Waals surface area (Å²) in [5.74, 6) is 2.40. The van der Waals surface area contributed by atoms with Gasteiger partial charge in [0.25, 0.3) is 0 Å². The minimum atomic E-state index is -0.766. The summed E-state index contributed by atoms with van der Waals surface area (Å²) < 4.78 is 18.0. The lowest BCUT2D eigenvalue weighted by Gasteiger charge is -2.20. The van der Waals surface area contributed by atoms with Crippen LogP contribution in [0.15, 0.2) is 16.5 Å². The zero-order chi connectivity index (χ0) is 13.5. The van der Waals surface area contributed by atoms with E-state index < -0.39 is 10.8 Å². The fourth-order valence-corrected chi connectivity index (χ4v) is 4.10. The average Bonchev–Trinajstić information content (AvgIpc) is 2.88. The summed E-state index contributed by atoms with van der Waals surface area (Å²) in [5, 5.41) is 3.70. The Hall–Kier alpha value is -0.610. The molecule has 1 aliphatic rings. The lowest BCUT2D eigenvalue weighted by Crippen LogP contribution is -2.19. The van der Waals surface area contributed by atoms with Gasteiger partial charge in [-0.25, -0.2) is 0 Å². The van der Waals surface area contributed by atoms with Crippen LogP contribution in [0.4, 0.5) is 0 Å². The molecule has 0 bridgehead atoms. The van der Waals surface area contributed by atoms with Crippen molar-refractivity contribution in [3.05, 3.63) is 23.7 Å². The van der Waals surface area contributed by atoms with Crippen LogP contribution >= 0.6 is 0 Å². The van der Waals surface area contributed by atoms with Gasteiger partial charge in [-0.2, -0.15) is 0 Å². The van der Waals surface area contributed by atoms with Gasteiger partial charge in [0.1, 0.15) is 11.5 Å². The Morgan fingerprint density at radius 1 is 1.26 bits per heavy atom. The first-order valence-corrected chi connectivity index (χ1v) is 8.83. The molecule has 1 heterocycles. The first-order chi connectivity index (χ1) is 9.29. The van der Waals surface area contributed by atoms with Crippen molar-refractivity contribution in [2.75, 3.05) is 6.54 Å². The highest BCUT2D eigenvalue weighted by atomic mass is 32.2. The van der Waals surface area contributed by atoms with E-state index in [2.05, 4.69) is 12.2 Å². The van der Waals surface area contributed by atoms with Crippen molar-refractivity contribution in [2.24, 2.45) is 0 Å². The van der Waals surface area contributed by atoms with Gasteiger partial charge >= 0.3 is 0 Å². The van der Waals surface area contributed by atoms with Gasteiger partial charge in [0.2, 0.25) is 0 Å². The lowest BCUT2D eigenvalue weighted by molar-refractivity contribution is 0.456. The van der Waals surface area contributed by atoms with Crippen molar-refractivity contribution in [3.8, 4) is 0 Å². The standard InChI is InChI=1S/C15H25NO2S/c1-2-10-16-11-13-8-9-14(18-13)12-19(17)15-6-4-3-5-7-15/h8-9,15-16H,2-7,10-12H2,1H3. The van der Waals surface area contributed by atoms with Gasteiger partial charge in [-0.05, 0) is 37.9 Å². The third-order valence-electron chi connectivity index (χ3n) is 3.65. The number of hydrogen-bond acceptors (Lipinski definition) is 3. The highest BCUT2D eigenvalue weighted by Gasteiger charge is 2.20. The van der Waals surface area contributed by atoms with E-state index in [9.17, 15) is 4.21 Å². The van der Waals surface area contributed by atoms with Crippen LogP contribution in [0.5, 0.6) is 0 Å². The van der Waals surface area contributed by atoms with E-state index in [0.29, 0.717) is 11.0 Å². The molecule has 1 aromatic heterocycles. The molecule has 0 aliphatic heterocycles. The zero-order valence-electron chi connectivity index (χ0n) is 11.8. The Bertz CT molecular complexity index is 397. The molecule has 1 fully saturated rings. The molecule has 1 saturated carbocycles. The van der Waals surface area contributed by atoms with Crippen molar-refractivity contribution in [1.82, 2.24) is 5.32 Å². The van der Waals surface area contributed by atoms with Gasteiger partial charge in [-0.15, -0.1) is 0 Å². The minimum absolute atomic E-state index is 0.389. The van der Waals surface area contributed by atoms with Crippen molar-refractivity contribution >= 4 is 10.8 Å². The fraction of sp³-hybridized carbons (Fsp3) is 0.733. The van der Waals surface area contributed by atoms with Gasteiger partial charge < -0.3 is 9.73 Å². The smallest absolute Gasteiger partial charge is 0.118 e. The van der Waals surface area contributed by atoms with E-state index >= 15 is 0 Å². The molecule has 19 heavy (non-hydrogen) atoms. The Morgan fingerprint density at radius 2 is 2.00 bits per heavy atom. The average molecular weight is 283 g/mol. The topological polar surface area (TPSA) is 42.2 Å². The van der Waals surface area contributed by atoms with Crippen LogP contribution in [-0.4, -0.2) is 16.0 Å². The van der Waals surface area contributed by atoms with Crippen molar-refractivity contribution in [2.45, 2.75) is 63.0 Å². The summed E-state index contributed by atoms with van der Waals surface area (Å²) >= 11 is 0. The molecule has 0 saturated heterocycles. The number of nitrogens with one attached hydrogen (secondary N) is 1. The van der Waals surface area contributed by atoms with Crippen LogP contribution in [0, 0.1) is 0 Å². The number of hydrogen-bond donors (Lipinski definition) is 1. The maximum Gasteiger partial charge on any atom is 0.118 e. The van der Waals surface area contributed by atoms with Crippen LogP contribution in [0.3, 0.4) is 0 Å². The van der Waals surface area contributed by atoms with Crippen LogP contribution < -0.4 is 5.32 Å². The summed E-state index contributed by atoms with van der Waals surface area (Å²) in [7, 11) is -0.766. The van der Waals surface area contributed by atoms with E-state index in [1.165, 1.54) is 19.3 Å². The summed E-state index contributed by atoms with van der Waals surface area (Å²) in [6.07, 6.45) is 7.15. The van der Waals surface area contributed by atoms with Crippen LogP contribution in [0.2, 0.25) is 0 Å². The maximum absolute atomic E-state index is 12.3. The first kappa shape index (κ1) is 14.8. The van der Waals surface area contributed by atoms with Gasteiger partial charge in [0.05, 0.1) is 12.3 Å². The van der Waals surface area contributed by atoms with E-state index in [0.717, 1.165) is 43.9 Å². The second-order valence-corrected chi connectivity index (χ2v) is 7.05. The maximum atomic E-state index is 12.3. The van der Waals surface area contributed by atoms with E-state index in [1.54, 1.807) is 0 Å². The predicted octanol–water partition coefficient (Wildman–Crippen LogP) is 3.36. The molecular formula is C15H25NO2S. The highest BCUT2D eigenvalue weighted by molar-refractivity contribution is 7.84. The molecule has 3 nitrogen and oxygen atoms in total. The summed E-state index contributed by atoms with van der Waals surface area (Å²) in [6, 6.07) is 3.97. The SMILES string of the molecule is CCCNCc1ccc(CS(=O)C2CCCCC2)o1. The molecule has 1 atom stereocenters. The first-order valence-electron chi connectivity index (χ1n) is 7.45. The van der Waals surface area contributed by atoms with Crippen LogP contribution in [-0.2, 0) is 23.1 Å². The van der Waals surface area contributed by atoms with Gasteiger partial charge in [-0.1, -0.05) is 26.2 Å². The second-order valence-electron chi connectivity index (χ2n) is 5.33. The van der Waals surface area contributed by atoms with Crippen molar-refractivity contribution < 1.29 is 8.63 Å². The predicted molar refractivity (Wildman–Crippen MR) is 79.4 cm³/mol. The third-order valence-corrected chi connectivity index (χ3v) is 5.44. The molecule has 108 valence electrons. The second kappa shape index (κ2) is 7.85. The normalized spacial score (nSPS) is 18.6. The highest BCUT2D eigenvalue weighted by Crippen LogP contribution is 2.24. The molecule has 0 amide bonds. The Morgan fingerprint density at radius 3 is 2.74 bits per heavy atom. The molecule has 1 N–H and O–H groups in total. The van der Waals surface area contributed by atoms with Crippen molar-refractivity contribution in [3.63, 3.8) is 0 Å². The summed E-state index contributed by atoms with van der Waals surface area (Å²) in [4.78, 5) is 0. The Kier molecular flexibility index (Phi) is 6.11. The van der Waals surface area contributed by atoms with Gasteiger partial charge in [0, 0.05) is 16.0 Å². The van der Waals surface area contributed by atoms with Crippen LogP contribution in [0.1, 0.15) is 57.0 Å². The molecule has 4 heteroatoms. The quantitative estimate of drug-likeness (QED) is 0.780. The van der Waals surface area contributed by atoms with Gasteiger partial charge in [-0.3, -0.25) is 4.21 Å². The molecular weight excluding hydrogens is 258 g/mol. The Balaban J connectivity index is 1.80. The zero-order valence-corrected chi connectivity index (χ0v) is 12.6.